The van der Waals surface area contributed by atoms with Gasteiger partial charge in [-0.05, 0) is 48.7 Å². The highest BCUT2D eigenvalue weighted by atomic mass is 35.5. The van der Waals surface area contributed by atoms with E-state index in [0.717, 1.165) is 25.0 Å². The minimum Gasteiger partial charge on any atom is -0.376 e. The number of benzene rings is 2. The summed E-state index contributed by atoms with van der Waals surface area (Å²) in [5.41, 5.74) is 1.98. The number of rotatable bonds is 6. The van der Waals surface area contributed by atoms with E-state index in [1.165, 1.54) is 11.3 Å². The lowest BCUT2D eigenvalue weighted by atomic mass is 10.1. The zero-order chi connectivity index (χ0) is 21.6. The van der Waals surface area contributed by atoms with Crippen LogP contribution in [0.25, 0.3) is 0 Å². The van der Waals surface area contributed by atoms with Crippen LogP contribution in [-0.4, -0.2) is 35.6 Å². The Morgan fingerprint density at radius 2 is 2.03 bits per heavy atom. The molecule has 1 N–H and O–H groups in total. The van der Waals surface area contributed by atoms with Gasteiger partial charge in [0.15, 0.2) is 4.80 Å². The van der Waals surface area contributed by atoms with Crippen LogP contribution >= 0.6 is 22.9 Å². The first-order chi connectivity index (χ1) is 15.1. The molecule has 1 aromatic heterocycles. The summed E-state index contributed by atoms with van der Waals surface area (Å²) in [4.78, 5) is 29.8. The van der Waals surface area contributed by atoms with Gasteiger partial charge in [-0.2, -0.15) is 4.99 Å². The SMILES string of the molecule is O=C(N=c1sccn1Cc1cccc(C(=O)NC[C@@H]2CCCO2)c1)c1cccc(Cl)c1. The number of nitrogens with one attached hydrogen (secondary N) is 1. The molecule has 6 nitrogen and oxygen atoms in total. The number of ether oxygens (including phenoxy) is 1. The van der Waals surface area contributed by atoms with E-state index >= 15 is 0 Å². The minimum absolute atomic E-state index is 0.106. The summed E-state index contributed by atoms with van der Waals surface area (Å²) in [5.74, 6) is -0.463. The smallest absolute Gasteiger partial charge is 0.279 e. The molecular weight excluding hydrogens is 434 g/mol. The van der Waals surface area contributed by atoms with Gasteiger partial charge in [-0.1, -0.05) is 29.8 Å². The van der Waals surface area contributed by atoms with Crippen LogP contribution in [0.4, 0.5) is 0 Å². The average Bonchev–Trinajstić information content (AvgIpc) is 3.45. The van der Waals surface area contributed by atoms with Gasteiger partial charge >= 0.3 is 0 Å². The van der Waals surface area contributed by atoms with Crippen molar-refractivity contribution in [2.75, 3.05) is 13.2 Å². The second-order valence-corrected chi connectivity index (χ2v) is 8.60. The molecular formula is C23H22ClN3O3S. The Bertz CT molecular complexity index is 1150. The van der Waals surface area contributed by atoms with Crippen molar-refractivity contribution in [1.29, 1.82) is 0 Å². The summed E-state index contributed by atoms with van der Waals surface area (Å²) in [6.45, 7) is 1.79. The number of nitrogens with zero attached hydrogens (tertiary/aromatic N) is 2. The Morgan fingerprint density at radius 3 is 2.84 bits per heavy atom. The molecule has 8 heteroatoms. The number of hydrogen-bond acceptors (Lipinski definition) is 4. The molecule has 0 spiro atoms. The number of thiazole rings is 1. The zero-order valence-electron chi connectivity index (χ0n) is 16.8. The maximum Gasteiger partial charge on any atom is 0.279 e. The van der Waals surface area contributed by atoms with Gasteiger partial charge in [0.25, 0.3) is 11.8 Å². The van der Waals surface area contributed by atoms with E-state index in [2.05, 4.69) is 10.3 Å². The quantitative estimate of drug-likeness (QED) is 0.612. The van der Waals surface area contributed by atoms with Crippen molar-refractivity contribution in [3.05, 3.63) is 86.6 Å². The summed E-state index contributed by atoms with van der Waals surface area (Å²) >= 11 is 7.35. The van der Waals surface area contributed by atoms with Crippen LogP contribution < -0.4 is 10.1 Å². The third-order valence-corrected chi connectivity index (χ3v) is 6.01. The molecule has 1 fully saturated rings. The van der Waals surface area contributed by atoms with Crippen molar-refractivity contribution < 1.29 is 14.3 Å². The molecule has 0 unspecified atom stereocenters. The van der Waals surface area contributed by atoms with Crippen molar-refractivity contribution in [2.24, 2.45) is 4.99 Å². The van der Waals surface area contributed by atoms with Crippen LogP contribution in [-0.2, 0) is 11.3 Å². The lowest BCUT2D eigenvalue weighted by molar-refractivity contribution is 0.0857. The monoisotopic (exact) mass is 455 g/mol. The van der Waals surface area contributed by atoms with Crippen molar-refractivity contribution in [3.8, 4) is 0 Å². The molecule has 4 rings (SSSR count). The van der Waals surface area contributed by atoms with E-state index in [9.17, 15) is 9.59 Å². The zero-order valence-corrected chi connectivity index (χ0v) is 18.4. The minimum atomic E-state index is -0.346. The highest BCUT2D eigenvalue weighted by Crippen LogP contribution is 2.13. The summed E-state index contributed by atoms with van der Waals surface area (Å²) in [7, 11) is 0. The molecule has 1 atom stereocenters. The molecule has 31 heavy (non-hydrogen) atoms. The number of amides is 2. The molecule has 0 radical (unpaired) electrons. The van der Waals surface area contributed by atoms with E-state index in [1.54, 1.807) is 30.3 Å². The van der Waals surface area contributed by atoms with Crippen LogP contribution in [0.15, 0.2) is 65.1 Å². The fourth-order valence-corrected chi connectivity index (χ4v) is 4.32. The second kappa shape index (κ2) is 10.0. The van der Waals surface area contributed by atoms with Crippen molar-refractivity contribution in [2.45, 2.75) is 25.5 Å². The van der Waals surface area contributed by atoms with E-state index in [4.69, 9.17) is 16.3 Å². The molecule has 0 saturated carbocycles. The molecule has 0 aliphatic carbocycles. The van der Waals surface area contributed by atoms with Gasteiger partial charge in [-0.15, -0.1) is 11.3 Å². The Kier molecular flexibility index (Phi) is 6.96. The number of aromatic nitrogens is 1. The first-order valence-corrected chi connectivity index (χ1v) is 11.3. The number of carbonyl (C=O) groups excluding carboxylic acids is 2. The van der Waals surface area contributed by atoms with Crippen LogP contribution in [0, 0.1) is 0 Å². The number of hydrogen-bond donors (Lipinski definition) is 1. The third-order valence-electron chi connectivity index (χ3n) is 4.99. The van der Waals surface area contributed by atoms with Gasteiger partial charge in [0.1, 0.15) is 0 Å². The van der Waals surface area contributed by atoms with Crippen LogP contribution in [0.5, 0.6) is 0 Å². The predicted molar refractivity (Wildman–Crippen MR) is 121 cm³/mol. The molecule has 2 aromatic carbocycles. The molecule has 1 aliphatic rings. The van der Waals surface area contributed by atoms with Crippen molar-refractivity contribution in [1.82, 2.24) is 9.88 Å². The Morgan fingerprint density at radius 1 is 1.19 bits per heavy atom. The van der Waals surface area contributed by atoms with Gasteiger partial charge in [0.05, 0.1) is 6.10 Å². The first kappa shape index (κ1) is 21.5. The number of carbonyl (C=O) groups is 2. The third kappa shape index (κ3) is 5.70. The van der Waals surface area contributed by atoms with Gasteiger partial charge in [-0.3, -0.25) is 9.59 Å². The summed E-state index contributed by atoms with van der Waals surface area (Å²) < 4.78 is 7.44. The van der Waals surface area contributed by atoms with Gasteiger partial charge in [-0.25, -0.2) is 0 Å². The fraction of sp³-hybridized carbons (Fsp3) is 0.261. The van der Waals surface area contributed by atoms with Crippen molar-refractivity contribution in [3.63, 3.8) is 0 Å². The molecule has 160 valence electrons. The van der Waals surface area contributed by atoms with E-state index in [-0.39, 0.29) is 17.9 Å². The Labute approximate surface area is 189 Å². The highest BCUT2D eigenvalue weighted by molar-refractivity contribution is 7.07. The summed E-state index contributed by atoms with van der Waals surface area (Å²) in [6, 6.07) is 14.2. The van der Waals surface area contributed by atoms with E-state index in [0.29, 0.717) is 34.0 Å². The lowest BCUT2D eigenvalue weighted by Gasteiger charge is -2.11. The van der Waals surface area contributed by atoms with Gasteiger partial charge < -0.3 is 14.6 Å². The largest absolute Gasteiger partial charge is 0.376 e. The van der Waals surface area contributed by atoms with Gasteiger partial charge in [0, 0.05) is 47.4 Å². The van der Waals surface area contributed by atoms with E-state index < -0.39 is 0 Å². The molecule has 2 heterocycles. The highest BCUT2D eigenvalue weighted by Gasteiger charge is 2.16. The second-order valence-electron chi connectivity index (χ2n) is 7.29. The first-order valence-electron chi connectivity index (χ1n) is 10.1. The van der Waals surface area contributed by atoms with Crippen LogP contribution in [0.1, 0.15) is 39.1 Å². The maximum absolute atomic E-state index is 12.5. The Hall–Kier alpha value is -2.74. The van der Waals surface area contributed by atoms with E-state index in [1.807, 2.05) is 34.3 Å². The summed E-state index contributed by atoms with van der Waals surface area (Å²) in [5, 5.41) is 5.32. The van der Waals surface area contributed by atoms with Crippen LogP contribution in [0.2, 0.25) is 5.02 Å². The fourth-order valence-electron chi connectivity index (χ4n) is 3.40. The van der Waals surface area contributed by atoms with Crippen LogP contribution in [0.3, 0.4) is 0 Å². The normalized spacial score (nSPS) is 16.4. The topological polar surface area (TPSA) is 72.7 Å². The van der Waals surface area contributed by atoms with Crippen molar-refractivity contribution >= 4 is 34.8 Å². The molecule has 3 aromatic rings. The number of halogens is 1. The maximum atomic E-state index is 12.5. The standard InChI is InChI=1S/C23H22ClN3O3S/c24-19-7-2-6-18(13-19)22(29)26-23-27(9-11-31-23)15-16-4-1-5-17(12-16)21(28)25-14-20-8-3-10-30-20/h1-2,4-7,9,11-13,20H,3,8,10,14-15H2,(H,25,28)/t20-/m0/s1. The summed E-state index contributed by atoms with van der Waals surface area (Å²) in [6.07, 6.45) is 4.00. The predicted octanol–water partition coefficient (Wildman–Crippen LogP) is 3.90. The van der Waals surface area contributed by atoms with Gasteiger partial charge in [0.2, 0.25) is 0 Å². The molecule has 1 saturated heterocycles. The molecule has 2 amide bonds. The molecule has 1 aliphatic heterocycles. The Balaban J connectivity index is 1.46. The molecule has 0 bridgehead atoms. The average molecular weight is 456 g/mol. The lowest BCUT2D eigenvalue weighted by Crippen LogP contribution is -2.31.